The minimum absolute atomic E-state index is 0.245. The van der Waals surface area contributed by atoms with E-state index in [9.17, 15) is 45.6 Å². The first kappa shape index (κ1) is 84.5. The van der Waals surface area contributed by atoms with E-state index in [0.717, 1.165) is 57.8 Å². The number of nitrogens with one attached hydrogen (secondary N) is 1. The van der Waals surface area contributed by atoms with Crippen LogP contribution in [-0.2, 0) is 23.7 Å². The van der Waals surface area contributed by atoms with Crippen LogP contribution >= 0.6 is 0 Å². The number of allylic oxidation sites excluding steroid dienone is 11. The van der Waals surface area contributed by atoms with Crippen LogP contribution in [0.25, 0.3) is 0 Å². The van der Waals surface area contributed by atoms with Gasteiger partial charge in [0.25, 0.3) is 0 Å². The maximum atomic E-state index is 13.4. The third kappa shape index (κ3) is 44.7. The normalized spacial score (nSPS) is 23.2. The molecule has 12 unspecified atom stereocenters. The fourth-order valence-corrected chi connectivity index (χ4v) is 12.2. The Balaban J connectivity index is 1.63. The average Bonchev–Trinajstić information content (AvgIpc) is 0.888. The van der Waals surface area contributed by atoms with Crippen LogP contribution in [0, 0.1) is 0 Å². The molecule has 0 aromatic heterocycles. The Kier molecular flexibility index (Phi) is 56.7. The third-order valence-electron chi connectivity index (χ3n) is 18.1. The highest BCUT2D eigenvalue weighted by Crippen LogP contribution is 2.30. The molecule has 2 aliphatic heterocycles. The van der Waals surface area contributed by atoms with E-state index >= 15 is 0 Å². The Hall–Kier alpha value is -2.57. The zero-order valence-electron chi connectivity index (χ0n) is 57.8. The second-order valence-corrected chi connectivity index (χ2v) is 26.4. The number of aliphatic hydroxyl groups excluding tert-OH is 8. The van der Waals surface area contributed by atoms with Gasteiger partial charge in [-0.3, -0.25) is 4.79 Å². The Morgan fingerprint density at radius 2 is 0.769 bits per heavy atom. The topological polar surface area (TPSA) is 228 Å². The van der Waals surface area contributed by atoms with Crippen molar-refractivity contribution in [2.24, 2.45) is 0 Å². The third-order valence-corrected chi connectivity index (χ3v) is 18.1. The Morgan fingerprint density at radius 1 is 0.407 bits per heavy atom. The molecule has 0 radical (unpaired) electrons. The Morgan fingerprint density at radius 3 is 1.21 bits per heavy atom. The van der Waals surface area contributed by atoms with Gasteiger partial charge in [-0.25, -0.2) is 0 Å². The van der Waals surface area contributed by atoms with Gasteiger partial charge in [0.1, 0.15) is 48.8 Å². The first-order chi connectivity index (χ1) is 44.6. The van der Waals surface area contributed by atoms with Gasteiger partial charge in [0.05, 0.1) is 32.0 Å². The summed E-state index contributed by atoms with van der Waals surface area (Å²) in [6.07, 6.45) is 66.9. The summed E-state index contributed by atoms with van der Waals surface area (Å²) in [6, 6.07) is -0.934. The van der Waals surface area contributed by atoms with Crippen molar-refractivity contribution >= 4 is 5.91 Å². The number of carbonyl (C=O) groups is 1. The molecule has 2 aliphatic rings. The molecule has 0 bridgehead atoms. The fraction of sp³-hybridized carbons (Fsp3) is 0.831. The summed E-state index contributed by atoms with van der Waals surface area (Å²) in [5, 5.41) is 87.5. The second-order valence-electron chi connectivity index (χ2n) is 26.4. The summed E-state index contributed by atoms with van der Waals surface area (Å²) >= 11 is 0. The van der Waals surface area contributed by atoms with Crippen molar-refractivity contribution in [2.75, 3.05) is 19.8 Å². The van der Waals surface area contributed by atoms with Gasteiger partial charge < -0.3 is 65.1 Å². The van der Waals surface area contributed by atoms with Crippen molar-refractivity contribution in [1.82, 2.24) is 5.32 Å². The van der Waals surface area contributed by atoms with E-state index in [1.807, 2.05) is 6.08 Å². The molecule has 12 atom stereocenters. The van der Waals surface area contributed by atoms with Crippen LogP contribution in [0.15, 0.2) is 72.9 Å². The number of carbonyl (C=O) groups excluding carboxylic acids is 1. The van der Waals surface area contributed by atoms with Gasteiger partial charge >= 0.3 is 0 Å². The van der Waals surface area contributed by atoms with Crippen LogP contribution in [0.2, 0.25) is 0 Å². The first-order valence-electron chi connectivity index (χ1n) is 37.7. The molecule has 0 saturated carbocycles. The lowest BCUT2D eigenvalue weighted by Gasteiger charge is -2.46. The van der Waals surface area contributed by atoms with Crippen LogP contribution in [0.3, 0.4) is 0 Å². The van der Waals surface area contributed by atoms with Crippen molar-refractivity contribution < 1.29 is 64.6 Å². The lowest BCUT2D eigenvalue weighted by molar-refractivity contribution is -0.359. The van der Waals surface area contributed by atoms with E-state index in [-0.39, 0.29) is 18.9 Å². The van der Waals surface area contributed by atoms with Crippen molar-refractivity contribution in [3.05, 3.63) is 72.9 Å². The number of hydrogen-bond acceptors (Lipinski definition) is 13. The Labute approximate surface area is 555 Å². The van der Waals surface area contributed by atoms with E-state index < -0.39 is 86.8 Å². The molecule has 2 heterocycles. The zero-order chi connectivity index (χ0) is 65.9. The number of rotatable bonds is 62. The molecule has 1 amide bonds. The maximum absolute atomic E-state index is 13.4. The van der Waals surface area contributed by atoms with Crippen molar-refractivity contribution in [3.63, 3.8) is 0 Å². The smallest absolute Gasteiger partial charge is 0.220 e. The summed E-state index contributed by atoms with van der Waals surface area (Å²) in [4.78, 5) is 13.4. The number of amides is 1. The quantitative estimate of drug-likeness (QED) is 0.0204. The van der Waals surface area contributed by atoms with Crippen molar-refractivity contribution in [3.8, 4) is 0 Å². The Bertz CT molecular complexity index is 1800. The lowest BCUT2D eigenvalue weighted by Crippen LogP contribution is -2.65. The summed E-state index contributed by atoms with van der Waals surface area (Å²) < 4.78 is 22.9. The number of hydrogen-bond donors (Lipinski definition) is 9. The van der Waals surface area contributed by atoms with E-state index in [1.165, 1.54) is 225 Å². The highest BCUT2D eigenvalue weighted by Gasteiger charge is 2.51. The van der Waals surface area contributed by atoms with Crippen LogP contribution in [0.5, 0.6) is 0 Å². The van der Waals surface area contributed by atoms with E-state index in [4.69, 9.17) is 18.9 Å². The van der Waals surface area contributed by atoms with Gasteiger partial charge in [-0.2, -0.15) is 0 Å². The summed E-state index contributed by atoms with van der Waals surface area (Å²) in [7, 11) is 0. The van der Waals surface area contributed by atoms with Gasteiger partial charge in [-0.15, -0.1) is 0 Å². The minimum atomic E-state index is -1.79. The van der Waals surface area contributed by atoms with Crippen LogP contribution in [0.4, 0.5) is 0 Å². The largest absolute Gasteiger partial charge is 0.394 e. The van der Waals surface area contributed by atoms with Gasteiger partial charge in [-0.05, 0) is 70.6 Å². The molecule has 9 N–H and O–H groups in total. The second kappa shape index (κ2) is 61.1. The zero-order valence-corrected chi connectivity index (χ0v) is 57.8. The van der Waals surface area contributed by atoms with Gasteiger partial charge in [0.2, 0.25) is 5.91 Å². The summed E-state index contributed by atoms with van der Waals surface area (Å²) in [6.45, 7) is 2.71. The van der Waals surface area contributed by atoms with Crippen molar-refractivity contribution in [1.29, 1.82) is 0 Å². The molecule has 0 aliphatic carbocycles. The highest BCUT2D eigenvalue weighted by molar-refractivity contribution is 5.76. The predicted molar refractivity (Wildman–Crippen MR) is 373 cm³/mol. The summed E-state index contributed by atoms with van der Waals surface area (Å²) in [5.74, 6) is -0.245. The summed E-state index contributed by atoms with van der Waals surface area (Å²) in [5.41, 5.74) is 0. The standard InChI is InChI=1S/C77H139NO13/c1-3-5-7-9-11-13-15-17-19-21-23-25-27-28-29-30-31-32-33-34-35-36-37-38-39-41-43-45-47-49-51-53-55-57-59-61-69(82)78-65(64-88-76-74(87)72(85)75(68(63-80)90-76)91-77-73(86)71(84)70(83)67(62-79)89-77)66(81)60-58-56-54-52-50-48-46-44-42-40-26-24-22-20-18-16-14-12-10-8-6-4-2/h5,7,11,13,17,19,23,25,50,52,58,60,65-68,70-77,79-81,83-87H,3-4,6,8-10,12,14-16,18,20-22,24,26-49,51,53-57,59,61-64H2,1-2H3,(H,78,82)/b7-5-,13-11-,19-17-,25-23-,52-50+,60-58+. The predicted octanol–water partition coefficient (Wildman–Crippen LogP) is 16.2. The average molecular weight is 1290 g/mol. The fourth-order valence-electron chi connectivity index (χ4n) is 12.2. The maximum Gasteiger partial charge on any atom is 0.220 e. The van der Waals surface area contributed by atoms with Crippen LogP contribution in [0.1, 0.15) is 316 Å². The van der Waals surface area contributed by atoms with Crippen LogP contribution in [-0.4, -0.2) is 140 Å². The number of aliphatic hydroxyl groups is 8. The SMILES string of the molecule is CC/C=C\C/C=C\C/C=C\C/C=C\CCCCCCCCCCCCCCCCCCCCCCCCC(=O)NC(COC1OC(CO)C(OC2OC(CO)C(O)C(O)C2O)C(O)C1O)C(O)/C=C/CC/C=C/CCCCCCCCCCCCCCCCCC. The molecule has 0 spiro atoms. The van der Waals surface area contributed by atoms with Crippen molar-refractivity contribution in [2.45, 2.75) is 389 Å². The van der Waals surface area contributed by atoms with Crippen LogP contribution < -0.4 is 5.32 Å². The lowest BCUT2D eigenvalue weighted by atomic mass is 9.97. The highest BCUT2D eigenvalue weighted by atomic mass is 16.7. The van der Waals surface area contributed by atoms with Gasteiger partial charge in [0, 0.05) is 6.42 Å². The molecule has 530 valence electrons. The molecule has 0 aromatic carbocycles. The van der Waals surface area contributed by atoms with E-state index in [1.54, 1.807) is 6.08 Å². The van der Waals surface area contributed by atoms with E-state index in [2.05, 4.69) is 79.9 Å². The number of unbranched alkanes of at least 4 members (excludes halogenated alkanes) is 39. The molecule has 2 fully saturated rings. The molecular formula is C77H139NO13. The van der Waals surface area contributed by atoms with Gasteiger partial charge in [-0.1, -0.05) is 311 Å². The molecule has 14 nitrogen and oxygen atoms in total. The molecule has 91 heavy (non-hydrogen) atoms. The van der Waals surface area contributed by atoms with Gasteiger partial charge in [0.15, 0.2) is 12.6 Å². The monoisotopic (exact) mass is 1290 g/mol. The molecule has 2 rings (SSSR count). The first-order valence-corrected chi connectivity index (χ1v) is 37.7. The molecule has 2 saturated heterocycles. The number of ether oxygens (including phenoxy) is 4. The molecule has 14 heteroatoms. The minimum Gasteiger partial charge on any atom is -0.394 e. The molecular weight excluding hydrogens is 1150 g/mol. The molecule has 0 aromatic rings. The van der Waals surface area contributed by atoms with E-state index in [0.29, 0.717) is 12.8 Å².